The van der Waals surface area contributed by atoms with Gasteiger partial charge < -0.3 is 10.1 Å². The monoisotopic (exact) mass is 349 g/mol. The predicted molar refractivity (Wildman–Crippen MR) is 105 cm³/mol. The van der Waals surface area contributed by atoms with Gasteiger partial charge >= 0.3 is 6.09 Å². The minimum atomic E-state index is -0.222. The summed E-state index contributed by atoms with van der Waals surface area (Å²) >= 11 is 0. The minimum Gasteiger partial charge on any atom is -0.446 e. The van der Waals surface area contributed by atoms with Gasteiger partial charge in [-0.15, -0.1) is 0 Å². The Labute approximate surface area is 155 Å². The number of hydrogen-bond donors (Lipinski definition) is 1. The van der Waals surface area contributed by atoms with Crippen molar-refractivity contribution in [3.05, 3.63) is 11.6 Å². The van der Waals surface area contributed by atoms with Crippen LogP contribution in [0.15, 0.2) is 11.6 Å². The minimum absolute atomic E-state index is 0.0597. The van der Waals surface area contributed by atoms with Crippen LogP contribution in [0, 0.1) is 17.3 Å². The Morgan fingerprint density at radius 2 is 1.96 bits per heavy atom. The first kappa shape index (κ1) is 20.3. The molecule has 1 saturated carbocycles. The molecule has 2 aliphatic carbocycles. The van der Waals surface area contributed by atoms with Crippen molar-refractivity contribution in [3.8, 4) is 0 Å². The first-order valence-electron chi connectivity index (χ1n) is 10.6. The lowest BCUT2D eigenvalue weighted by Gasteiger charge is -2.48. The molecule has 144 valence electrons. The Morgan fingerprint density at radius 1 is 1.24 bits per heavy atom. The molecule has 4 atom stereocenters. The van der Waals surface area contributed by atoms with Gasteiger partial charge in [-0.05, 0) is 42.9 Å². The second-order valence-electron chi connectivity index (χ2n) is 8.61. The Morgan fingerprint density at radius 3 is 2.72 bits per heavy atom. The van der Waals surface area contributed by atoms with E-state index in [0.717, 1.165) is 44.1 Å². The summed E-state index contributed by atoms with van der Waals surface area (Å²) < 4.78 is 5.70. The summed E-state index contributed by atoms with van der Waals surface area (Å²) in [6.45, 7) is 10.1. The fourth-order valence-corrected chi connectivity index (χ4v) is 4.59. The van der Waals surface area contributed by atoms with E-state index in [9.17, 15) is 4.79 Å². The SMILES string of the molecule is CCCCCCCCNC(=O)O[C@H]1CC[C@@]2(C)C(=CCC(C)C2C)C1. The number of carbonyl (C=O) groups excluding carboxylic acids is 1. The van der Waals surface area contributed by atoms with Crippen molar-refractivity contribution >= 4 is 6.09 Å². The fraction of sp³-hybridized carbons (Fsp3) is 0.864. The molecule has 0 saturated heterocycles. The molecule has 2 unspecified atom stereocenters. The lowest BCUT2D eigenvalue weighted by molar-refractivity contribution is 0.0420. The lowest BCUT2D eigenvalue weighted by Crippen LogP contribution is -2.42. The average molecular weight is 350 g/mol. The first-order chi connectivity index (χ1) is 12.0. The number of ether oxygens (including phenoxy) is 1. The third-order valence-corrected chi connectivity index (χ3v) is 6.83. The molecule has 0 heterocycles. The van der Waals surface area contributed by atoms with E-state index in [1.807, 2.05) is 0 Å². The number of fused-ring (bicyclic) bond motifs is 1. The smallest absolute Gasteiger partial charge is 0.407 e. The standard InChI is InChI=1S/C22H39NO2/c1-5-6-7-8-9-10-15-23-21(24)25-20-13-14-22(4)18(3)17(2)11-12-19(22)16-20/h12,17-18,20H,5-11,13-16H2,1-4H3,(H,23,24)/t17?,18?,20-,22+/m0/s1. The molecule has 0 aromatic carbocycles. The van der Waals surface area contributed by atoms with Crippen molar-refractivity contribution in [1.29, 1.82) is 0 Å². The number of nitrogens with one attached hydrogen (secondary N) is 1. The summed E-state index contributed by atoms with van der Waals surface area (Å²) in [6.07, 6.45) is 13.9. The van der Waals surface area contributed by atoms with Crippen molar-refractivity contribution in [1.82, 2.24) is 5.32 Å². The largest absolute Gasteiger partial charge is 0.446 e. The maximum absolute atomic E-state index is 12.0. The van der Waals surface area contributed by atoms with Crippen molar-refractivity contribution in [2.24, 2.45) is 17.3 Å². The summed E-state index contributed by atoms with van der Waals surface area (Å²) in [5.41, 5.74) is 1.84. The van der Waals surface area contributed by atoms with Crippen molar-refractivity contribution in [2.45, 2.75) is 98.0 Å². The van der Waals surface area contributed by atoms with E-state index in [-0.39, 0.29) is 12.2 Å². The highest BCUT2D eigenvalue weighted by Gasteiger charge is 2.44. The van der Waals surface area contributed by atoms with Crippen molar-refractivity contribution < 1.29 is 9.53 Å². The third-order valence-electron chi connectivity index (χ3n) is 6.83. The van der Waals surface area contributed by atoms with Gasteiger partial charge in [-0.25, -0.2) is 4.79 Å². The summed E-state index contributed by atoms with van der Waals surface area (Å²) in [6, 6.07) is 0. The molecule has 0 spiro atoms. The quantitative estimate of drug-likeness (QED) is 0.416. The molecule has 1 N–H and O–H groups in total. The lowest BCUT2D eigenvalue weighted by atomic mass is 9.57. The molecule has 0 radical (unpaired) electrons. The summed E-state index contributed by atoms with van der Waals surface area (Å²) in [5, 5.41) is 2.94. The maximum Gasteiger partial charge on any atom is 0.407 e. The molecule has 0 aliphatic heterocycles. The number of hydrogen-bond acceptors (Lipinski definition) is 2. The number of unbranched alkanes of at least 4 members (excludes halogenated alkanes) is 5. The highest BCUT2D eigenvalue weighted by atomic mass is 16.6. The Bertz CT molecular complexity index is 459. The van der Waals surface area contributed by atoms with Crippen LogP contribution < -0.4 is 5.32 Å². The van der Waals surface area contributed by atoms with E-state index >= 15 is 0 Å². The van der Waals surface area contributed by atoms with Crippen LogP contribution in [-0.4, -0.2) is 18.7 Å². The van der Waals surface area contributed by atoms with Crippen LogP contribution in [0.3, 0.4) is 0 Å². The maximum atomic E-state index is 12.0. The van der Waals surface area contributed by atoms with Gasteiger partial charge in [-0.2, -0.15) is 0 Å². The second-order valence-corrected chi connectivity index (χ2v) is 8.61. The highest BCUT2D eigenvalue weighted by Crippen LogP contribution is 2.52. The average Bonchev–Trinajstić information content (AvgIpc) is 2.59. The zero-order chi connectivity index (χ0) is 18.3. The van der Waals surface area contributed by atoms with Gasteiger partial charge in [0.15, 0.2) is 0 Å². The highest BCUT2D eigenvalue weighted by molar-refractivity contribution is 5.67. The molecule has 1 amide bonds. The molecule has 0 bridgehead atoms. The molecule has 0 aromatic heterocycles. The Kier molecular flexibility index (Phi) is 7.83. The van der Waals surface area contributed by atoms with E-state index in [1.54, 1.807) is 0 Å². The molecule has 2 aliphatic rings. The Hall–Kier alpha value is -0.990. The van der Waals surface area contributed by atoms with E-state index in [4.69, 9.17) is 4.74 Å². The van der Waals surface area contributed by atoms with Gasteiger partial charge in [0.25, 0.3) is 0 Å². The first-order valence-corrected chi connectivity index (χ1v) is 10.6. The van der Waals surface area contributed by atoms with Gasteiger partial charge in [0.2, 0.25) is 0 Å². The molecule has 1 fully saturated rings. The van der Waals surface area contributed by atoms with Gasteiger partial charge in [0, 0.05) is 13.0 Å². The topological polar surface area (TPSA) is 38.3 Å². The summed E-state index contributed by atoms with van der Waals surface area (Å²) in [4.78, 5) is 12.0. The molecule has 0 aromatic rings. The van der Waals surface area contributed by atoms with Gasteiger partial charge in [0.1, 0.15) is 6.10 Å². The third kappa shape index (κ3) is 5.49. The van der Waals surface area contributed by atoms with Crippen LogP contribution in [0.2, 0.25) is 0 Å². The van der Waals surface area contributed by atoms with Gasteiger partial charge in [-0.1, -0.05) is 71.4 Å². The second kappa shape index (κ2) is 9.64. The zero-order valence-electron chi connectivity index (χ0n) is 16.9. The van der Waals surface area contributed by atoms with Crippen LogP contribution in [0.1, 0.15) is 91.9 Å². The predicted octanol–water partition coefficient (Wildman–Crippen LogP) is 6.23. The van der Waals surface area contributed by atoms with E-state index in [0.29, 0.717) is 5.41 Å². The Balaban J connectivity index is 1.68. The number of amides is 1. The zero-order valence-corrected chi connectivity index (χ0v) is 16.9. The van der Waals surface area contributed by atoms with E-state index < -0.39 is 0 Å². The van der Waals surface area contributed by atoms with Crippen LogP contribution in [0.5, 0.6) is 0 Å². The van der Waals surface area contributed by atoms with Crippen LogP contribution in [0.4, 0.5) is 4.79 Å². The molecule has 3 nitrogen and oxygen atoms in total. The van der Waals surface area contributed by atoms with E-state index in [2.05, 4.69) is 39.1 Å². The van der Waals surface area contributed by atoms with Crippen LogP contribution in [-0.2, 0) is 4.74 Å². The molecular formula is C22H39NO2. The normalized spacial score (nSPS) is 31.8. The van der Waals surface area contributed by atoms with Crippen molar-refractivity contribution in [3.63, 3.8) is 0 Å². The summed E-state index contributed by atoms with van der Waals surface area (Å²) in [5.74, 6) is 1.47. The van der Waals surface area contributed by atoms with Gasteiger partial charge in [-0.3, -0.25) is 0 Å². The number of allylic oxidation sites excluding steroid dienone is 1. The molecule has 2 rings (SSSR count). The van der Waals surface area contributed by atoms with E-state index in [1.165, 1.54) is 44.1 Å². The van der Waals surface area contributed by atoms with Crippen LogP contribution >= 0.6 is 0 Å². The summed E-state index contributed by atoms with van der Waals surface area (Å²) in [7, 11) is 0. The number of carbonyl (C=O) groups is 1. The fourth-order valence-electron chi connectivity index (χ4n) is 4.59. The van der Waals surface area contributed by atoms with Crippen LogP contribution in [0.25, 0.3) is 0 Å². The molecular weight excluding hydrogens is 310 g/mol. The van der Waals surface area contributed by atoms with Crippen molar-refractivity contribution in [2.75, 3.05) is 6.54 Å². The molecule has 25 heavy (non-hydrogen) atoms. The number of rotatable bonds is 8. The van der Waals surface area contributed by atoms with Gasteiger partial charge in [0.05, 0.1) is 0 Å². The molecule has 3 heteroatoms. The number of alkyl carbamates (subject to hydrolysis) is 1.